The Labute approximate surface area is 208 Å². The minimum absolute atomic E-state index is 0.0189. The van der Waals surface area contributed by atoms with Crippen molar-refractivity contribution < 1.29 is 9.53 Å². The van der Waals surface area contributed by atoms with Gasteiger partial charge in [-0.3, -0.25) is 4.79 Å². The summed E-state index contributed by atoms with van der Waals surface area (Å²) < 4.78 is 5.71. The summed E-state index contributed by atoms with van der Waals surface area (Å²) >= 11 is 0. The third kappa shape index (κ3) is 5.78. The number of nitrogens with one attached hydrogen (secondary N) is 2. The van der Waals surface area contributed by atoms with E-state index in [4.69, 9.17) is 9.73 Å². The van der Waals surface area contributed by atoms with E-state index >= 15 is 0 Å². The third-order valence-corrected chi connectivity index (χ3v) is 7.24. The number of methoxy groups -OCH3 is 1. The first-order valence-corrected chi connectivity index (χ1v) is 12.6. The molecule has 1 aromatic rings. The Hall–Kier alpha value is -3.07. The molecule has 1 aromatic carbocycles. The number of benzene rings is 1. The molecule has 190 valence electrons. The normalized spacial score (nSPS) is 22.8. The number of likely N-dealkylation sites (N-methyl/N-ethyl adjacent to an activating group) is 1. The number of anilines is 2. The molecule has 4 rings (SSSR count). The molecule has 2 aliphatic heterocycles. The lowest BCUT2D eigenvalue weighted by Gasteiger charge is -2.35. The first-order valence-electron chi connectivity index (χ1n) is 12.6. The van der Waals surface area contributed by atoms with E-state index in [0.29, 0.717) is 18.4 Å². The predicted octanol–water partition coefficient (Wildman–Crippen LogP) is 3.26. The van der Waals surface area contributed by atoms with Gasteiger partial charge in [-0.15, -0.1) is 0 Å². The van der Waals surface area contributed by atoms with E-state index in [-0.39, 0.29) is 11.9 Å². The zero-order chi connectivity index (χ0) is 24.9. The average molecular weight is 482 g/mol. The Balaban J connectivity index is 1.61. The maximum atomic E-state index is 12.4. The number of guanidine groups is 1. The van der Waals surface area contributed by atoms with E-state index in [9.17, 15) is 4.79 Å². The van der Waals surface area contributed by atoms with Crippen LogP contribution in [-0.2, 0) is 4.79 Å². The van der Waals surface area contributed by atoms with Crippen LogP contribution in [0, 0.1) is 0 Å². The lowest BCUT2D eigenvalue weighted by molar-refractivity contribution is -0.121. The topological polar surface area (TPSA) is 84.8 Å². The zero-order valence-electron chi connectivity index (χ0n) is 21.5. The van der Waals surface area contributed by atoms with Crippen LogP contribution in [0.4, 0.5) is 11.4 Å². The molecule has 9 nitrogen and oxygen atoms in total. The number of carbonyl (C=O) groups is 1. The second kappa shape index (κ2) is 11.1. The van der Waals surface area contributed by atoms with E-state index in [2.05, 4.69) is 63.1 Å². The molecular weight excluding hydrogens is 442 g/mol. The van der Waals surface area contributed by atoms with Crippen LogP contribution in [0.1, 0.15) is 46.0 Å². The quantitative estimate of drug-likeness (QED) is 0.496. The SMILES string of the molecule is C=N/C(=N\C1=C(C)NC(=O)CC(C)N1C1CCCC1)Nc1ccc(N2CCN(C)CC2)cc1OC. The summed E-state index contributed by atoms with van der Waals surface area (Å²) in [6.45, 7) is 11.8. The highest BCUT2D eigenvalue weighted by molar-refractivity contribution is 5.98. The van der Waals surface area contributed by atoms with Gasteiger partial charge in [-0.1, -0.05) is 12.8 Å². The van der Waals surface area contributed by atoms with Crippen LogP contribution in [-0.4, -0.2) is 80.8 Å². The molecule has 2 heterocycles. The lowest BCUT2D eigenvalue weighted by atomic mass is 10.1. The molecule has 1 saturated carbocycles. The van der Waals surface area contributed by atoms with Gasteiger partial charge in [0.05, 0.1) is 18.5 Å². The Kier molecular flexibility index (Phi) is 7.95. The second-order valence-electron chi connectivity index (χ2n) is 9.79. The molecule has 0 bridgehead atoms. The summed E-state index contributed by atoms with van der Waals surface area (Å²) in [6.07, 6.45) is 5.06. The monoisotopic (exact) mass is 481 g/mol. The predicted molar refractivity (Wildman–Crippen MR) is 142 cm³/mol. The number of carbonyl (C=O) groups excluding carboxylic acids is 1. The van der Waals surface area contributed by atoms with Crippen LogP contribution in [0.25, 0.3) is 0 Å². The van der Waals surface area contributed by atoms with Crippen molar-refractivity contribution in [3.05, 3.63) is 29.7 Å². The number of piperazine rings is 1. The fourth-order valence-corrected chi connectivity index (χ4v) is 5.31. The third-order valence-electron chi connectivity index (χ3n) is 7.24. The number of hydrogen-bond donors (Lipinski definition) is 2. The molecule has 35 heavy (non-hydrogen) atoms. The number of hydrogen-bond acceptors (Lipinski definition) is 6. The standard InChI is InChI=1S/C26H39N7O2/c1-18-16-24(34)28-19(2)25(33(18)20-8-6-7-9-20)30-26(27-3)29-22-11-10-21(17-23(22)35-5)32-14-12-31(4)13-15-32/h10-11,17-18,20H,3,6-9,12-16H2,1-2,4-5H3,(H,28,34)(H,29,30). The van der Waals surface area contributed by atoms with Crippen molar-refractivity contribution in [1.29, 1.82) is 0 Å². The summed E-state index contributed by atoms with van der Waals surface area (Å²) in [5.41, 5.74) is 2.65. The van der Waals surface area contributed by atoms with Gasteiger partial charge in [0, 0.05) is 56.4 Å². The molecule has 0 aromatic heterocycles. The van der Waals surface area contributed by atoms with Crippen molar-refractivity contribution in [3.63, 3.8) is 0 Å². The molecule has 0 spiro atoms. The molecule has 3 aliphatic rings. The van der Waals surface area contributed by atoms with Gasteiger partial charge in [-0.25, -0.2) is 4.99 Å². The van der Waals surface area contributed by atoms with Gasteiger partial charge in [0.2, 0.25) is 11.9 Å². The highest BCUT2D eigenvalue weighted by atomic mass is 16.5. The van der Waals surface area contributed by atoms with E-state index in [1.54, 1.807) is 7.11 Å². The van der Waals surface area contributed by atoms with Crippen molar-refractivity contribution in [3.8, 4) is 5.75 Å². The molecule has 1 atom stereocenters. The number of aliphatic imine (C=N–C) groups is 2. The molecule has 2 fully saturated rings. The number of allylic oxidation sites excluding steroid dienone is 1. The van der Waals surface area contributed by atoms with Crippen molar-refractivity contribution in [2.24, 2.45) is 9.98 Å². The minimum Gasteiger partial charge on any atom is -0.494 e. The molecule has 1 amide bonds. The molecule has 1 unspecified atom stereocenters. The van der Waals surface area contributed by atoms with Crippen LogP contribution in [0.5, 0.6) is 5.75 Å². The number of amides is 1. The maximum absolute atomic E-state index is 12.4. The zero-order valence-corrected chi connectivity index (χ0v) is 21.5. The maximum Gasteiger partial charge on any atom is 0.228 e. The molecule has 1 saturated heterocycles. The molecule has 1 aliphatic carbocycles. The van der Waals surface area contributed by atoms with Crippen molar-refractivity contribution in [1.82, 2.24) is 15.1 Å². The van der Waals surface area contributed by atoms with Crippen LogP contribution in [0.2, 0.25) is 0 Å². The highest BCUT2D eigenvalue weighted by Crippen LogP contribution is 2.33. The first kappa shape index (κ1) is 25.0. The van der Waals surface area contributed by atoms with E-state index < -0.39 is 0 Å². The Morgan fingerprint density at radius 2 is 1.91 bits per heavy atom. The summed E-state index contributed by atoms with van der Waals surface area (Å²) in [4.78, 5) is 28.5. The van der Waals surface area contributed by atoms with Crippen LogP contribution >= 0.6 is 0 Å². The van der Waals surface area contributed by atoms with Gasteiger partial charge in [0.15, 0.2) is 5.82 Å². The summed E-state index contributed by atoms with van der Waals surface area (Å²) in [6, 6.07) is 6.58. The van der Waals surface area contributed by atoms with Gasteiger partial charge >= 0.3 is 0 Å². The van der Waals surface area contributed by atoms with Gasteiger partial charge in [0.1, 0.15) is 5.75 Å². The van der Waals surface area contributed by atoms with Crippen molar-refractivity contribution in [2.75, 3.05) is 50.6 Å². The molecule has 0 radical (unpaired) electrons. The fourth-order valence-electron chi connectivity index (χ4n) is 5.31. The molecular formula is C26H39N7O2. The lowest BCUT2D eigenvalue weighted by Crippen LogP contribution is -2.44. The highest BCUT2D eigenvalue weighted by Gasteiger charge is 2.33. The summed E-state index contributed by atoms with van der Waals surface area (Å²) in [5.74, 6) is 1.86. The largest absolute Gasteiger partial charge is 0.494 e. The van der Waals surface area contributed by atoms with Gasteiger partial charge in [-0.2, -0.15) is 4.99 Å². The Morgan fingerprint density at radius 3 is 2.57 bits per heavy atom. The number of nitrogens with zero attached hydrogens (tertiary/aromatic N) is 5. The van der Waals surface area contributed by atoms with Crippen molar-refractivity contribution >= 4 is 30.0 Å². The summed E-state index contributed by atoms with van der Waals surface area (Å²) in [7, 11) is 3.82. The van der Waals surface area contributed by atoms with Crippen LogP contribution < -0.4 is 20.3 Å². The molecule has 2 N–H and O–H groups in total. The fraction of sp³-hybridized carbons (Fsp3) is 0.577. The summed E-state index contributed by atoms with van der Waals surface area (Å²) in [5, 5.41) is 6.31. The second-order valence-corrected chi connectivity index (χ2v) is 9.79. The Morgan fingerprint density at radius 1 is 1.20 bits per heavy atom. The van der Waals surface area contributed by atoms with Crippen LogP contribution in [0.3, 0.4) is 0 Å². The van der Waals surface area contributed by atoms with Gasteiger partial charge in [-0.05, 0) is 52.6 Å². The first-order chi connectivity index (χ1) is 16.9. The minimum atomic E-state index is 0.0189. The van der Waals surface area contributed by atoms with E-state index in [1.165, 1.54) is 12.8 Å². The van der Waals surface area contributed by atoms with Gasteiger partial charge < -0.3 is 30.1 Å². The smallest absolute Gasteiger partial charge is 0.228 e. The van der Waals surface area contributed by atoms with Crippen molar-refractivity contribution in [2.45, 2.75) is 58.0 Å². The number of ether oxygens (including phenoxy) is 1. The van der Waals surface area contributed by atoms with E-state index in [1.807, 2.05) is 13.0 Å². The van der Waals surface area contributed by atoms with Crippen LogP contribution in [0.15, 0.2) is 39.7 Å². The average Bonchev–Trinajstić information content (AvgIpc) is 3.34. The Bertz CT molecular complexity index is 991. The molecule has 9 heteroatoms. The van der Waals surface area contributed by atoms with E-state index in [0.717, 1.165) is 67.7 Å². The van der Waals surface area contributed by atoms with Gasteiger partial charge in [0.25, 0.3) is 0 Å². The number of rotatable bonds is 5.